The van der Waals surface area contributed by atoms with Crippen molar-refractivity contribution in [3.63, 3.8) is 0 Å². The molecule has 1 aromatic heterocycles. The predicted molar refractivity (Wildman–Crippen MR) is 115 cm³/mol. The average Bonchev–Trinajstić information content (AvgIpc) is 2.98. The van der Waals surface area contributed by atoms with Gasteiger partial charge in [-0.3, -0.25) is 9.59 Å². The molecule has 4 rings (SSSR count). The van der Waals surface area contributed by atoms with Gasteiger partial charge < -0.3 is 14.1 Å². The Hall–Kier alpha value is -2.44. The summed E-state index contributed by atoms with van der Waals surface area (Å²) in [7, 11) is 0. The molecule has 2 aromatic carbocycles. The van der Waals surface area contributed by atoms with Gasteiger partial charge in [0.2, 0.25) is 5.76 Å². The highest BCUT2D eigenvalue weighted by atomic mass is 79.9. The number of carbonyl (C=O) groups is 1. The van der Waals surface area contributed by atoms with E-state index in [0.717, 1.165) is 10.0 Å². The third-order valence-corrected chi connectivity index (χ3v) is 5.58. The zero-order valence-corrected chi connectivity index (χ0v) is 17.9. The normalized spacial score (nSPS) is 16.1. The van der Waals surface area contributed by atoms with Crippen LogP contribution >= 0.6 is 15.9 Å². The molecule has 0 fully saturated rings. The molecule has 3 aromatic rings. The summed E-state index contributed by atoms with van der Waals surface area (Å²) in [5, 5.41) is 0.492. The molecule has 0 saturated carbocycles. The molecule has 0 aliphatic carbocycles. The number of benzene rings is 2. The summed E-state index contributed by atoms with van der Waals surface area (Å²) in [5.74, 6) is -0.105. The molecule has 29 heavy (non-hydrogen) atoms. The molecule has 1 amide bonds. The molecular formula is C23H22BrNO4. The quantitative estimate of drug-likeness (QED) is 0.495. The molecule has 0 N–H and O–H groups in total. The second-order valence-corrected chi connectivity index (χ2v) is 8.31. The van der Waals surface area contributed by atoms with E-state index in [1.807, 2.05) is 38.1 Å². The van der Waals surface area contributed by atoms with E-state index in [9.17, 15) is 9.59 Å². The molecule has 2 heterocycles. The van der Waals surface area contributed by atoms with Gasteiger partial charge in [-0.2, -0.15) is 0 Å². The van der Waals surface area contributed by atoms with Crippen molar-refractivity contribution in [2.45, 2.75) is 32.4 Å². The maximum absolute atomic E-state index is 13.3. The summed E-state index contributed by atoms with van der Waals surface area (Å²) in [5.41, 5.74) is 1.58. The minimum Gasteiger partial charge on any atom is -0.450 e. The number of ether oxygens (including phenoxy) is 1. The predicted octanol–water partition coefficient (Wildman–Crippen LogP) is 4.92. The fraction of sp³-hybridized carbons (Fsp3) is 0.304. The van der Waals surface area contributed by atoms with Crippen molar-refractivity contribution < 1.29 is 13.9 Å². The molecule has 150 valence electrons. The summed E-state index contributed by atoms with van der Waals surface area (Å²) in [6, 6.07) is 14.3. The molecule has 6 heteroatoms. The number of amides is 1. The van der Waals surface area contributed by atoms with Gasteiger partial charge in [-0.05, 0) is 50.1 Å². The van der Waals surface area contributed by atoms with E-state index in [0.29, 0.717) is 36.1 Å². The third-order valence-electron chi connectivity index (χ3n) is 5.05. The SMILES string of the molecule is CC(C)OCCCN1C(=O)c2oc3ccccc3c(=O)c2C1c1ccc(Br)cc1. The van der Waals surface area contributed by atoms with Crippen LogP contribution in [0.25, 0.3) is 11.0 Å². The standard InChI is InChI=1S/C23H22BrNO4/c1-14(2)28-13-5-12-25-20(15-8-10-16(24)11-9-15)19-21(26)17-6-3-4-7-18(17)29-22(19)23(25)27/h3-4,6-11,14,20H,5,12-13H2,1-2H3. The van der Waals surface area contributed by atoms with Crippen molar-refractivity contribution in [1.29, 1.82) is 0 Å². The zero-order chi connectivity index (χ0) is 20.5. The Bertz CT molecular complexity index is 1100. The lowest BCUT2D eigenvalue weighted by molar-refractivity contribution is 0.0593. The van der Waals surface area contributed by atoms with Crippen LogP contribution in [-0.2, 0) is 4.74 Å². The van der Waals surface area contributed by atoms with E-state index in [-0.39, 0.29) is 23.2 Å². The highest BCUT2D eigenvalue weighted by molar-refractivity contribution is 9.10. The topological polar surface area (TPSA) is 59.8 Å². The monoisotopic (exact) mass is 455 g/mol. The minimum atomic E-state index is -0.467. The van der Waals surface area contributed by atoms with Gasteiger partial charge in [0.25, 0.3) is 5.91 Å². The van der Waals surface area contributed by atoms with Gasteiger partial charge in [0, 0.05) is 17.6 Å². The van der Waals surface area contributed by atoms with E-state index in [2.05, 4.69) is 15.9 Å². The number of fused-ring (bicyclic) bond motifs is 2. The van der Waals surface area contributed by atoms with Gasteiger partial charge in [-0.1, -0.05) is 40.2 Å². The molecule has 0 bridgehead atoms. The van der Waals surface area contributed by atoms with Gasteiger partial charge in [0.05, 0.1) is 23.1 Å². The van der Waals surface area contributed by atoms with Gasteiger partial charge in [-0.25, -0.2) is 0 Å². The molecule has 0 spiro atoms. The Kier molecular flexibility index (Phi) is 5.56. The lowest BCUT2D eigenvalue weighted by Crippen LogP contribution is -2.31. The van der Waals surface area contributed by atoms with Crippen molar-refractivity contribution >= 4 is 32.8 Å². The van der Waals surface area contributed by atoms with Crippen molar-refractivity contribution in [3.8, 4) is 0 Å². The number of halogens is 1. The number of carbonyl (C=O) groups excluding carboxylic acids is 1. The molecule has 1 atom stereocenters. The molecule has 0 saturated heterocycles. The summed E-state index contributed by atoms with van der Waals surface area (Å²) in [4.78, 5) is 28.2. The average molecular weight is 456 g/mol. The lowest BCUT2D eigenvalue weighted by Gasteiger charge is -2.25. The van der Waals surface area contributed by atoms with Crippen LogP contribution in [0.5, 0.6) is 0 Å². The fourth-order valence-electron chi connectivity index (χ4n) is 3.74. The van der Waals surface area contributed by atoms with Crippen LogP contribution in [-0.4, -0.2) is 30.1 Å². The molecule has 1 aliphatic heterocycles. The first-order valence-corrected chi connectivity index (χ1v) is 10.5. The second kappa shape index (κ2) is 8.13. The molecular weight excluding hydrogens is 434 g/mol. The lowest BCUT2D eigenvalue weighted by atomic mass is 9.98. The van der Waals surface area contributed by atoms with Crippen molar-refractivity contribution in [3.05, 3.63) is 80.1 Å². The summed E-state index contributed by atoms with van der Waals surface area (Å²) in [6.45, 7) is 4.99. The minimum absolute atomic E-state index is 0.136. The highest BCUT2D eigenvalue weighted by Crippen LogP contribution is 2.38. The van der Waals surface area contributed by atoms with Crippen LogP contribution in [0.1, 0.15) is 48.0 Å². The summed E-state index contributed by atoms with van der Waals surface area (Å²) < 4.78 is 12.5. The van der Waals surface area contributed by atoms with Crippen molar-refractivity contribution in [2.75, 3.05) is 13.2 Å². The number of nitrogens with zero attached hydrogens (tertiary/aromatic N) is 1. The van der Waals surface area contributed by atoms with Crippen LogP contribution in [0.3, 0.4) is 0 Å². The Balaban J connectivity index is 1.79. The van der Waals surface area contributed by atoms with Gasteiger partial charge in [-0.15, -0.1) is 0 Å². The van der Waals surface area contributed by atoms with E-state index in [1.165, 1.54) is 0 Å². The van der Waals surface area contributed by atoms with Crippen LogP contribution in [0.2, 0.25) is 0 Å². The first-order valence-electron chi connectivity index (χ1n) is 9.71. The number of hydrogen-bond donors (Lipinski definition) is 0. The molecule has 1 unspecified atom stereocenters. The van der Waals surface area contributed by atoms with Gasteiger partial charge in [0.1, 0.15) is 5.58 Å². The smallest absolute Gasteiger partial charge is 0.290 e. The highest BCUT2D eigenvalue weighted by Gasteiger charge is 2.42. The molecule has 0 radical (unpaired) electrons. The summed E-state index contributed by atoms with van der Waals surface area (Å²) in [6.07, 6.45) is 0.816. The van der Waals surface area contributed by atoms with Gasteiger partial charge >= 0.3 is 0 Å². The summed E-state index contributed by atoms with van der Waals surface area (Å²) >= 11 is 3.45. The number of hydrogen-bond acceptors (Lipinski definition) is 4. The van der Waals surface area contributed by atoms with E-state index in [4.69, 9.17) is 9.15 Å². The maximum atomic E-state index is 13.3. The Morgan fingerprint density at radius 3 is 2.55 bits per heavy atom. The van der Waals surface area contributed by atoms with E-state index >= 15 is 0 Å². The first kappa shape index (κ1) is 19.9. The second-order valence-electron chi connectivity index (χ2n) is 7.40. The number of rotatable bonds is 6. The molecule has 1 aliphatic rings. The Labute approximate surface area is 177 Å². The first-order chi connectivity index (χ1) is 14.0. The van der Waals surface area contributed by atoms with Crippen LogP contribution < -0.4 is 5.43 Å². The van der Waals surface area contributed by atoms with Crippen molar-refractivity contribution in [1.82, 2.24) is 4.90 Å². The third kappa shape index (κ3) is 3.74. The van der Waals surface area contributed by atoms with Crippen LogP contribution in [0.4, 0.5) is 0 Å². The fourth-order valence-corrected chi connectivity index (χ4v) is 4.01. The van der Waals surface area contributed by atoms with Crippen LogP contribution in [0.15, 0.2) is 62.2 Å². The van der Waals surface area contributed by atoms with Crippen LogP contribution in [0, 0.1) is 0 Å². The van der Waals surface area contributed by atoms with E-state index in [1.54, 1.807) is 29.2 Å². The largest absolute Gasteiger partial charge is 0.450 e. The van der Waals surface area contributed by atoms with Crippen molar-refractivity contribution in [2.24, 2.45) is 0 Å². The van der Waals surface area contributed by atoms with E-state index < -0.39 is 6.04 Å². The Morgan fingerprint density at radius 1 is 1.10 bits per heavy atom. The molecule has 5 nitrogen and oxygen atoms in total. The zero-order valence-electron chi connectivity index (χ0n) is 16.4. The number of para-hydroxylation sites is 1. The van der Waals surface area contributed by atoms with Gasteiger partial charge in [0.15, 0.2) is 5.43 Å². The Morgan fingerprint density at radius 2 is 1.83 bits per heavy atom. The maximum Gasteiger partial charge on any atom is 0.290 e.